The van der Waals surface area contributed by atoms with Crippen LogP contribution in [0.1, 0.15) is 32.6 Å². The fourth-order valence-corrected chi connectivity index (χ4v) is 4.67. The molecule has 3 nitrogen and oxygen atoms in total. The first-order chi connectivity index (χ1) is 6.54. The smallest absolute Gasteiger partial charge is 0.212 e. The van der Waals surface area contributed by atoms with Crippen LogP contribution in [0.2, 0.25) is 0 Å². The molecule has 2 unspecified atom stereocenters. The van der Waals surface area contributed by atoms with E-state index in [-0.39, 0.29) is 23.2 Å². The van der Waals surface area contributed by atoms with E-state index in [0.29, 0.717) is 0 Å². The molecule has 0 saturated carbocycles. The first-order valence-electron chi connectivity index (χ1n) is 5.20. The van der Waals surface area contributed by atoms with E-state index in [1.165, 1.54) is 0 Å². The Morgan fingerprint density at radius 1 is 1.29 bits per heavy atom. The summed E-state index contributed by atoms with van der Waals surface area (Å²) >= 11 is 6.08. The van der Waals surface area contributed by atoms with Gasteiger partial charge in [-0.05, 0) is 32.6 Å². The van der Waals surface area contributed by atoms with Crippen LogP contribution in [-0.2, 0) is 10.0 Å². The maximum absolute atomic E-state index is 11.8. The van der Waals surface area contributed by atoms with E-state index in [1.807, 2.05) is 0 Å². The third kappa shape index (κ3) is 1.68. The Labute approximate surface area is 90.5 Å². The number of nitrogens with zero attached hydrogens (tertiary/aromatic N) is 1. The summed E-state index contributed by atoms with van der Waals surface area (Å²) < 4.78 is 25.3. The molecular formula is C9H16ClNO2S. The van der Waals surface area contributed by atoms with Crippen molar-refractivity contribution in [3.63, 3.8) is 0 Å². The summed E-state index contributed by atoms with van der Waals surface area (Å²) in [6.07, 6.45) is 3.65. The number of halogens is 1. The van der Waals surface area contributed by atoms with Crippen LogP contribution in [-0.4, -0.2) is 35.9 Å². The van der Waals surface area contributed by atoms with E-state index in [9.17, 15) is 8.42 Å². The standard InChI is InChI=1S/C9H16ClNO2S/c1-2-14(12,13)11-8-3-4-9(11)6-7(10)5-8/h7-9H,2-6H2,1H3. The molecule has 2 saturated heterocycles. The van der Waals surface area contributed by atoms with Crippen molar-refractivity contribution in [1.29, 1.82) is 0 Å². The van der Waals surface area contributed by atoms with Crippen molar-refractivity contribution in [2.45, 2.75) is 50.1 Å². The summed E-state index contributed by atoms with van der Waals surface area (Å²) in [4.78, 5) is 0. The third-order valence-corrected chi connectivity index (χ3v) is 5.62. The lowest BCUT2D eigenvalue weighted by Crippen LogP contribution is -2.47. The molecule has 0 aromatic rings. The molecule has 2 fully saturated rings. The van der Waals surface area contributed by atoms with Crippen LogP contribution in [0.5, 0.6) is 0 Å². The number of sulfonamides is 1. The second-order valence-electron chi connectivity index (χ2n) is 4.18. The highest BCUT2D eigenvalue weighted by Gasteiger charge is 2.45. The molecule has 2 aliphatic rings. The lowest BCUT2D eigenvalue weighted by molar-refractivity contribution is 0.251. The number of hydrogen-bond acceptors (Lipinski definition) is 2. The van der Waals surface area contributed by atoms with Crippen LogP contribution >= 0.6 is 11.6 Å². The number of rotatable bonds is 2. The zero-order chi connectivity index (χ0) is 10.3. The monoisotopic (exact) mass is 237 g/mol. The molecule has 2 bridgehead atoms. The Morgan fingerprint density at radius 2 is 1.79 bits per heavy atom. The normalized spacial score (nSPS) is 38.9. The molecule has 2 rings (SSSR count). The lowest BCUT2D eigenvalue weighted by Gasteiger charge is -2.35. The summed E-state index contributed by atoms with van der Waals surface area (Å²) in [5.41, 5.74) is 0. The van der Waals surface area contributed by atoms with Crippen molar-refractivity contribution < 1.29 is 8.42 Å². The maximum atomic E-state index is 11.8. The molecule has 82 valence electrons. The summed E-state index contributed by atoms with van der Waals surface area (Å²) in [5.74, 6) is 0.215. The SMILES string of the molecule is CCS(=O)(=O)N1C2CCC1CC(Cl)C2. The molecule has 0 aliphatic carbocycles. The molecule has 14 heavy (non-hydrogen) atoms. The Balaban J connectivity index is 2.23. The van der Waals surface area contributed by atoms with E-state index in [4.69, 9.17) is 11.6 Å². The van der Waals surface area contributed by atoms with Crippen molar-refractivity contribution in [2.24, 2.45) is 0 Å². The van der Waals surface area contributed by atoms with Crippen LogP contribution in [0.4, 0.5) is 0 Å². The molecule has 0 radical (unpaired) electrons. The van der Waals surface area contributed by atoms with Gasteiger partial charge in [0.15, 0.2) is 0 Å². The van der Waals surface area contributed by atoms with Gasteiger partial charge in [-0.2, -0.15) is 4.31 Å². The number of fused-ring (bicyclic) bond motifs is 2. The van der Waals surface area contributed by atoms with Crippen LogP contribution in [0, 0.1) is 0 Å². The average Bonchev–Trinajstić information content (AvgIpc) is 2.40. The average molecular weight is 238 g/mol. The van der Waals surface area contributed by atoms with Crippen LogP contribution in [0.15, 0.2) is 0 Å². The van der Waals surface area contributed by atoms with Crippen LogP contribution < -0.4 is 0 Å². The maximum Gasteiger partial charge on any atom is 0.214 e. The van der Waals surface area contributed by atoms with Crippen LogP contribution in [0.3, 0.4) is 0 Å². The van der Waals surface area contributed by atoms with Gasteiger partial charge < -0.3 is 0 Å². The van der Waals surface area contributed by atoms with Crippen LogP contribution in [0.25, 0.3) is 0 Å². The summed E-state index contributed by atoms with van der Waals surface area (Å²) in [6, 6.07) is 0.363. The van der Waals surface area contributed by atoms with E-state index in [1.54, 1.807) is 11.2 Å². The fourth-order valence-electron chi connectivity index (χ4n) is 2.67. The summed E-state index contributed by atoms with van der Waals surface area (Å²) in [5, 5.41) is 0.177. The van der Waals surface area contributed by atoms with Gasteiger partial charge in [-0.1, -0.05) is 0 Å². The van der Waals surface area contributed by atoms with E-state index >= 15 is 0 Å². The molecule has 0 N–H and O–H groups in total. The van der Waals surface area contributed by atoms with Crippen molar-refractivity contribution in [1.82, 2.24) is 4.31 Å². The van der Waals surface area contributed by atoms with Gasteiger partial charge in [0.05, 0.1) is 5.75 Å². The van der Waals surface area contributed by atoms with Crippen molar-refractivity contribution in [3.05, 3.63) is 0 Å². The number of hydrogen-bond donors (Lipinski definition) is 0. The number of piperidine rings is 1. The fraction of sp³-hybridized carbons (Fsp3) is 1.00. The predicted octanol–water partition coefficient (Wildman–Crippen LogP) is 1.57. The van der Waals surface area contributed by atoms with Gasteiger partial charge in [-0.3, -0.25) is 0 Å². The van der Waals surface area contributed by atoms with E-state index in [0.717, 1.165) is 25.7 Å². The molecule has 2 heterocycles. The molecule has 0 aromatic heterocycles. The summed E-state index contributed by atoms with van der Waals surface area (Å²) in [7, 11) is -3.01. The molecule has 0 amide bonds. The molecule has 5 heteroatoms. The molecular weight excluding hydrogens is 222 g/mol. The zero-order valence-corrected chi connectivity index (χ0v) is 9.89. The highest BCUT2D eigenvalue weighted by molar-refractivity contribution is 7.89. The zero-order valence-electron chi connectivity index (χ0n) is 8.32. The minimum Gasteiger partial charge on any atom is -0.212 e. The molecule has 0 aromatic carbocycles. The Morgan fingerprint density at radius 3 is 2.21 bits per heavy atom. The first-order valence-corrected chi connectivity index (χ1v) is 7.24. The van der Waals surface area contributed by atoms with Crippen molar-refractivity contribution >= 4 is 21.6 Å². The topological polar surface area (TPSA) is 37.4 Å². The second kappa shape index (κ2) is 3.65. The van der Waals surface area contributed by atoms with Gasteiger partial charge in [-0.25, -0.2) is 8.42 Å². The molecule has 2 aliphatic heterocycles. The van der Waals surface area contributed by atoms with Gasteiger partial charge in [0, 0.05) is 17.5 Å². The van der Waals surface area contributed by atoms with Crippen molar-refractivity contribution in [2.75, 3.05) is 5.75 Å². The first kappa shape index (κ1) is 10.7. The lowest BCUT2D eigenvalue weighted by atomic mass is 10.1. The van der Waals surface area contributed by atoms with Crippen molar-refractivity contribution in [3.8, 4) is 0 Å². The molecule has 2 atom stereocenters. The van der Waals surface area contributed by atoms with Gasteiger partial charge in [0.25, 0.3) is 0 Å². The van der Waals surface area contributed by atoms with Gasteiger partial charge >= 0.3 is 0 Å². The van der Waals surface area contributed by atoms with E-state index in [2.05, 4.69) is 0 Å². The predicted molar refractivity (Wildman–Crippen MR) is 57.0 cm³/mol. The van der Waals surface area contributed by atoms with Gasteiger partial charge in [-0.15, -0.1) is 11.6 Å². The Bertz CT molecular complexity index is 303. The quantitative estimate of drug-likeness (QED) is 0.684. The van der Waals surface area contributed by atoms with E-state index < -0.39 is 10.0 Å². The minimum absolute atomic E-state index is 0.177. The third-order valence-electron chi connectivity index (χ3n) is 3.29. The highest BCUT2D eigenvalue weighted by atomic mass is 35.5. The molecule has 0 spiro atoms. The van der Waals surface area contributed by atoms with Gasteiger partial charge in [0.2, 0.25) is 10.0 Å². The Hall–Kier alpha value is 0.200. The highest BCUT2D eigenvalue weighted by Crippen LogP contribution is 2.39. The Kier molecular flexibility index (Phi) is 2.79. The largest absolute Gasteiger partial charge is 0.214 e. The van der Waals surface area contributed by atoms with Gasteiger partial charge in [0.1, 0.15) is 0 Å². The second-order valence-corrected chi connectivity index (χ2v) is 6.96. The minimum atomic E-state index is -3.01. The number of alkyl halides is 1. The summed E-state index contributed by atoms with van der Waals surface area (Å²) in [6.45, 7) is 1.71.